The molecule has 0 N–H and O–H groups in total. The molecule has 2 aromatic rings. The van der Waals surface area contributed by atoms with E-state index in [2.05, 4.69) is 79.3 Å². The Kier molecular flexibility index (Phi) is 4.99. The van der Waals surface area contributed by atoms with Crippen LogP contribution in [0.3, 0.4) is 0 Å². The van der Waals surface area contributed by atoms with Gasteiger partial charge < -0.3 is 14.5 Å². The van der Waals surface area contributed by atoms with E-state index in [1.54, 1.807) is 0 Å². The van der Waals surface area contributed by atoms with E-state index in [1.165, 1.54) is 22.4 Å². The molecule has 0 amide bonds. The Labute approximate surface area is 139 Å². The molecule has 3 heteroatoms. The average molecular weight is 310 g/mol. The fourth-order valence-corrected chi connectivity index (χ4v) is 2.96. The predicted octanol–water partition coefficient (Wildman–Crippen LogP) is 3.81. The minimum atomic E-state index is 0.419. The van der Waals surface area contributed by atoms with E-state index in [4.69, 9.17) is 4.74 Å². The molecule has 0 radical (unpaired) electrons. The van der Waals surface area contributed by atoms with Crippen LogP contribution in [-0.4, -0.2) is 45.3 Å². The molecule has 2 aromatic carbocycles. The van der Waals surface area contributed by atoms with Crippen molar-refractivity contribution < 1.29 is 4.74 Å². The van der Waals surface area contributed by atoms with Gasteiger partial charge in [0.25, 0.3) is 0 Å². The molecule has 1 atom stereocenters. The van der Waals surface area contributed by atoms with Crippen LogP contribution >= 0.6 is 0 Å². The van der Waals surface area contributed by atoms with E-state index in [0.717, 1.165) is 26.3 Å². The van der Waals surface area contributed by atoms with Crippen LogP contribution in [0.5, 0.6) is 0 Å². The summed E-state index contributed by atoms with van der Waals surface area (Å²) in [6.45, 7) is 5.85. The van der Waals surface area contributed by atoms with E-state index in [9.17, 15) is 0 Å². The molecule has 0 bridgehead atoms. The first-order chi connectivity index (χ1) is 11.1. The highest BCUT2D eigenvalue weighted by atomic mass is 16.5. The molecule has 1 fully saturated rings. The third kappa shape index (κ3) is 3.74. The zero-order valence-corrected chi connectivity index (χ0v) is 14.3. The lowest BCUT2D eigenvalue weighted by atomic mass is 9.99. The zero-order valence-electron chi connectivity index (χ0n) is 14.3. The molecular formula is C20H26N2O. The van der Waals surface area contributed by atoms with Gasteiger partial charge >= 0.3 is 0 Å². The van der Waals surface area contributed by atoms with Crippen LogP contribution in [0.15, 0.2) is 48.5 Å². The summed E-state index contributed by atoms with van der Waals surface area (Å²) in [4.78, 5) is 4.62. The van der Waals surface area contributed by atoms with Crippen molar-refractivity contribution in [2.24, 2.45) is 0 Å². The Hall–Kier alpha value is -1.84. The number of nitrogens with zero attached hydrogens (tertiary/aromatic N) is 2. The summed E-state index contributed by atoms with van der Waals surface area (Å²) in [6.07, 6.45) is 0. The minimum absolute atomic E-state index is 0.419. The maximum Gasteiger partial charge on any atom is 0.0642 e. The Bertz CT molecular complexity index is 630. The Morgan fingerprint density at radius 2 is 1.65 bits per heavy atom. The summed E-state index contributed by atoms with van der Waals surface area (Å²) in [7, 11) is 4.24. The second-order valence-corrected chi connectivity index (χ2v) is 6.41. The number of ether oxygens (including phenoxy) is 1. The van der Waals surface area contributed by atoms with Gasteiger partial charge in [0.05, 0.1) is 13.2 Å². The number of anilines is 1. The average Bonchev–Trinajstić information content (AvgIpc) is 2.62. The van der Waals surface area contributed by atoms with Crippen LogP contribution in [-0.2, 0) is 4.74 Å². The summed E-state index contributed by atoms with van der Waals surface area (Å²) in [5.74, 6) is 0. The van der Waals surface area contributed by atoms with Crippen LogP contribution in [0, 0.1) is 0 Å². The smallest absolute Gasteiger partial charge is 0.0642 e. The Balaban J connectivity index is 1.80. The van der Waals surface area contributed by atoms with Gasteiger partial charge in [-0.15, -0.1) is 0 Å². The second kappa shape index (κ2) is 7.16. The monoisotopic (exact) mass is 310 g/mol. The lowest BCUT2D eigenvalue weighted by Gasteiger charge is -2.29. The van der Waals surface area contributed by atoms with Crippen LogP contribution in [0.4, 0.5) is 5.69 Å². The van der Waals surface area contributed by atoms with Crippen molar-refractivity contribution in [3.05, 3.63) is 54.1 Å². The molecule has 1 heterocycles. The summed E-state index contributed by atoms with van der Waals surface area (Å²) in [5.41, 5.74) is 5.19. The van der Waals surface area contributed by atoms with Crippen molar-refractivity contribution in [2.45, 2.75) is 13.0 Å². The molecule has 23 heavy (non-hydrogen) atoms. The van der Waals surface area contributed by atoms with Crippen LogP contribution in [0.2, 0.25) is 0 Å². The first kappa shape index (κ1) is 16.0. The number of rotatable bonds is 4. The van der Waals surface area contributed by atoms with Crippen molar-refractivity contribution in [2.75, 3.05) is 45.3 Å². The molecular weight excluding hydrogens is 284 g/mol. The van der Waals surface area contributed by atoms with Crippen molar-refractivity contribution in [1.82, 2.24) is 4.90 Å². The van der Waals surface area contributed by atoms with E-state index in [1.807, 2.05) is 0 Å². The third-order valence-electron chi connectivity index (χ3n) is 4.72. The van der Waals surface area contributed by atoms with Crippen molar-refractivity contribution in [1.29, 1.82) is 0 Å². The molecule has 3 rings (SSSR count). The lowest BCUT2D eigenvalue weighted by molar-refractivity contribution is 0.122. The molecule has 1 aliphatic rings. The Morgan fingerprint density at radius 1 is 0.957 bits per heavy atom. The maximum absolute atomic E-state index is 5.42. The molecule has 1 unspecified atom stereocenters. The summed E-state index contributed by atoms with van der Waals surface area (Å²) < 4.78 is 5.42. The molecule has 3 nitrogen and oxygen atoms in total. The zero-order chi connectivity index (χ0) is 16.2. The van der Waals surface area contributed by atoms with Gasteiger partial charge in [0.15, 0.2) is 0 Å². The standard InChI is InChI=1S/C20H26N2O/c1-16(21(2)3)18-5-4-6-19(15-18)17-7-9-20(10-8-17)22-11-13-23-14-12-22/h4-10,15-16H,11-14H2,1-3H3. The highest BCUT2D eigenvalue weighted by Gasteiger charge is 2.12. The van der Waals surface area contributed by atoms with Gasteiger partial charge in [-0.3, -0.25) is 0 Å². The predicted molar refractivity (Wildman–Crippen MR) is 97.0 cm³/mol. The van der Waals surface area contributed by atoms with Crippen molar-refractivity contribution in [3.63, 3.8) is 0 Å². The molecule has 122 valence electrons. The lowest BCUT2D eigenvalue weighted by Crippen LogP contribution is -2.36. The summed E-state index contributed by atoms with van der Waals surface area (Å²) >= 11 is 0. The number of benzene rings is 2. The first-order valence-corrected chi connectivity index (χ1v) is 8.34. The van der Waals surface area contributed by atoms with E-state index >= 15 is 0 Å². The summed E-state index contributed by atoms with van der Waals surface area (Å²) in [5, 5.41) is 0. The Morgan fingerprint density at radius 3 is 2.30 bits per heavy atom. The SMILES string of the molecule is CC(c1cccc(-c2ccc(N3CCOCC3)cc2)c1)N(C)C. The maximum atomic E-state index is 5.42. The second-order valence-electron chi connectivity index (χ2n) is 6.41. The van der Waals surface area contributed by atoms with Gasteiger partial charge in [-0.05, 0) is 55.9 Å². The van der Waals surface area contributed by atoms with Gasteiger partial charge in [-0.2, -0.15) is 0 Å². The van der Waals surface area contributed by atoms with E-state index in [-0.39, 0.29) is 0 Å². The van der Waals surface area contributed by atoms with Crippen LogP contribution < -0.4 is 4.90 Å². The van der Waals surface area contributed by atoms with E-state index in [0.29, 0.717) is 6.04 Å². The highest BCUT2D eigenvalue weighted by molar-refractivity contribution is 5.67. The van der Waals surface area contributed by atoms with Crippen LogP contribution in [0.25, 0.3) is 11.1 Å². The minimum Gasteiger partial charge on any atom is -0.378 e. The van der Waals surface area contributed by atoms with Crippen LogP contribution in [0.1, 0.15) is 18.5 Å². The quantitative estimate of drug-likeness (QED) is 0.854. The molecule has 0 saturated carbocycles. The fourth-order valence-electron chi connectivity index (χ4n) is 2.96. The van der Waals surface area contributed by atoms with Gasteiger partial charge in [0.1, 0.15) is 0 Å². The number of hydrogen-bond acceptors (Lipinski definition) is 3. The van der Waals surface area contributed by atoms with Gasteiger partial charge in [0, 0.05) is 24.8 Å². The molecule has 0 aliphatic carbocycles. The fraction of sp³-hybridized carbons (Fsp3) is 0.400. The molecule has 0 aromatic heterocycles. The topological polar surface area (TPSA) is 15.7 Å². The van der Waals surface area contributed by atoms with Gasteiger partial charge in [0.2, 0.25) is 0 Å². The van der Waals surface area contributed by atoms with Crippen molar-refractivity contribution in [3.8, 4) is 11.1 Å². The van der Waals surface area contributed by atoms with Gasteiger partial charge in [-0.1, -0.05) is 30.3 Å². The summed E-state index contributed by atoms with van der Waals surface area (Å²) in [6, 6.07) is 18.2. The first-order valence-electron chi connectivity index (χ1n) is 8.34. The third-order valence-corrected chi connectivity index (χ3v) is 4.72. The highest BCUT2D eigenvalue weighted by Crippen LogP contribution is 2.27. The largest absolute Gasteiger partial charge is 0.378 e. The normalized spacial score (nSPS) is 16.6. The molecule has 1 aliphatic heterocycles. The van der Waals surface area contributed by atoms with Gasteiger partial charge in [-0.25, -0.2) is 0 Å². The van der Waals surface area contributed by atoms with E-state index < -0.39 is 0 Å². The van der Waals surface area contributed by atoms with Crippen molar-refractivity contribution >= 4 is 5.69 Å². The molecule has 1 saturated heterocycles. The number of morpholine rings is 1. The molecule has 0 spiro atoms. The number of hydrogen-bond donors (Lipinski definition) is 0.